The van der Waals surface area contributed by atoms with E-state index in [1.165, 1.54) is 4.88 Å². The van der Waals surface area contributed by atoms with Gasteiger partial charge in [0, 0.05) is 37.1 Å². The van der Waals surface area contributed by atoms with Crippen molar-refractivity contribution < 1.29 is 0 Å². The molecule has 2 heterocycles. The maximum atomic E-state index is 4.38. The number of hydrogen-bond acceptors (Lipinski definition) is 3. The number of aryl methyl sites for hydroxylation is 1. The van der Waals surface area contributed by atoms with Gasteiger partial charge in [-0.2, -0.15) is 5.10 Å². The van der Waals surface area contributed by atoms with Crippen molar-refractivity contribution in [2.45, 2.75) is 25.8 Å². The van der Waals surface area contributed by atoms with E-state index >= 15 is 0 Å². The van der Waals surface area contributed by atoms with Gasteiger partial charge in [-0.3, -0.25) is 4.68 Å². The van der Waals surface area contributed by atoms with Crippen molar-refractivity contribution in [1.82, 2.24) is 15.1 Å². The lowest BCUT2D eigenvalue weighted by Crippen LogP contribution is -2.22. The summed E-state index contributed by atoms with van der Waals surface area (Å²) in [5.41, 5.74) is 1.15. The number of nitrogens with one attached hydrogen (secondary N) is 1. The van der Waals surface area contributed by atoms with Gasteiger partial charge in [0.1, 0.15) is 0 Å². The van der Waals surface area contributed by atoms with Crippen LogP contribution in [0.25, 0.3) is 0 Å². The van der Waals surface area contributed by atoms with Crippen molar-refractivity contribution in [3.8, 4) is 0 Å². The van der Waals surface area contributed by atoms with Gasteiger partial charge in [0.2, 0.25) is 0 Å². The molecule has 0 fully saturated rings. The molecule has 0 aromatic carbocycles. The van der Waals surface area contributed by atoms with Crippen LogP contribution in [0.15, 0.2) is 29.8 Å². The third kappa shape index (κ3) is 3.41. The van der Waals surface area contributed by atoms with E-state index in [0.29, 0.717) is 6.04 Å². The van der Waals surface area contributed by atoms with E-state index in [-0.39, 0.29) is 0 Å². The molecule has 0 amide bonds. The highest BCUT2D eigenvalue weighted by atomic mass is 32.1. The highest BCUT2D eigenvalue weighted by Crippen LogP contribution is 2.21. The molecule has 0 saturated heterocycles. The van der Waals surface area contributed by atoms with Gasteiger partial charge in [0.05, 0.1) is 5.69 Å². The molecule has 92 valence electrons. The SMILES string of the molecule is CCC(NCCc1ccn(C)n1)c1cccs1. The highest BCUT2D eigenvalue weighted by molar-refractivity contribution is 7.10. The van der Waals surface area contributed by atoms with E-state index in [1.54, 1.807) is 0 Å². The molecule has 0 aliphatic rings. The van der Waals surface area contributed by atoms with E-state index in [1.807, 2.05) is 29.3 Å². The summed E-state index contributed by atoms with van der Waals surface area (Å²) >= 11 is 1.82. The summed E-state index contributed by atoms with van der Waals surface area (Å²) in [5.74, 6) is 0. The molecule has 1 unspecified atom stereocenters. The van der Waals surface area contributed by atoms with Crippen molar-refractivity contribution in [2.24, 2.45) is 7.05 Å². The second-order valence-electron chi connectivity index (χ2n) is 4.16. The highest BCUT2D eigenvalue weighted by Gasteiger charge is 2.09. The van der Waals surface area contributed by atoms with Crippen LogP contribution in [0, 0.1) is 0 Å². The summed E-state index contributed by atoms with van der Waals surface area (Å²) < 4.78 is 1.85. The fourth-order valence-corrected chi connectivity index (χ4v) is 2.79. The Labute approximate surface area is 106 Å². The zero-order chi connectivity index (χ0) is 12.1. The molecule has 0 aliphatic heterocycles. The molecule has 2 aromatic heterocycles. The van der Waals surface area contributed by atoms with Crippen LogP contribution >= 0.6 is 11.3 Å². The van der Waals surface area contributed by atoms with E-state index in [4.69, 9.17) is 0 Å². The van der Waals surface area contributed by atoms with Crippen LogP contribution < -0.4 is 5.32 Å². The Morgan fingerprint density at radius 3 is 2.94 bits per heavy atom. The lowest BCUT2D eigenvalue weighted by atomic mass is 10.2. The maximum Gasteiger partial charge on any atom is 0.0637 e. The van der Waals surface area contributed by atoms with E-state index in [0.717, 1.165) is 25.1 Å². The Hall–Kier alpha value is -1.13. The Morgan fingerprint density at radius 1 is 1.47 bits per heavy atom. The molecular formula is C13H19N3S. The van der Waals surface area contributed by atoms with Gasteiger partial charge in [0.25, 0.3) is 0 Å². The Balaban J connectivity index is 1.81. The van der Waals surface area contributed by atoms with E-state index in [2.05, 4.69) is 40.9 Å². The van der Waals surface area contributed by atoms with Crippen LogP contribution in [-0.2, 0) is 13.5 Å². The van der Waals surface area contributed by atoms with Gasteiger partial charge in [-0.25, -0.2) is 0 Å². The molecule has 2 aromatic rings. The topological polar surface area (TPSA) is 29.9 Å². The van der Waals surface area contributed by atoms with E-state index < -0.39 is 0 Å². The zero-order valence-corrected chi connectivity index (χ0v) is 11.2. The molecule has 4 heteroatoms. The first kappa shape index (κ1) is 12.3. The van der Waals surface area contributed by atoms with Crippen molar-refractivity contribution in [2.75, 3.05) is 6.54 Å². The predicted octanol–water partition coefficient (Wildman–Crippen LogP) is 2.77. The van der Waals surface area contributed by atoms with Gasteiger partial charge < -0.3 is 5.32 Å². The van der Waals surface area contributed by atoms with Gasteiger partial charge in [-0.15, -0.1) is 11.3 Å². The number of aromatic nitrogens is 2. The molecule has 0 saturated carbocycles. The van der Waals surface area contributed by atoms with E-state index in [9.17, 15) is 0 Å². The number of hydrogen-bond donors (Lipinski definition) is 1. The summed E-state index contributed by atoms with van der Waals surface area (Å²) in [6.07, 6.45) is 4.11. The lowest BCUT2D eigenvalue weighted by molar-refractivity contribution is 0.527. The minimum Gasteiger partial charge on any atom is -0.309 e. The molecule has 2 rings (SSSR count). The summed E-state index contributed by atoms with van der Waals surface area (Å²) in [5, 5.41) is 10.1. The monoisotopic (exact) mass is 249 g/mol. The standard InChI is InChI=1S/C13H19N3S/c1-3-12(13-5-4-10-17-13)14-8-6-11-7-9-16(2)15-11/h4-5,7,9-10,12,14H,3,6,8H2,1-2H3. The predicted molar refractivity (Wildman–Crippen MR) is 72.3 cm³/mol. The minimum atomic E-state index is 0.485. The summed E-state index contributed by atoms with van der Waals surface area (Å²) in [6.45, 7) is 3.20. The molecule has 1 atom stereocenters. The molecule has 0 aliphatic carbocycles. The number of nitrogens with zero attached hydrogens (tertiary/aromatic N) is 2. The van der Waals surface area contributed by atoms with Gasteiger partial charge in [-0.05, 0) is 23.9 Å². The Morgan fingerprint density at radius 2 is 2.35 bits per heavy atom. The molecular weight excluding hydrogens is 230 g/mol. The first-order valence-corrected chi connectivity index (χ1v) is 6.93. The second-order valence-corrected chi connectivity index (χ2v) is 5.14. The summed E-state index contributed by atoms with van der Waals surface area (Å²) in [4.78, 5) is 1.42. The lowest BCUT2D eigenvalue weighted by Gasteiger charge is -2.14. The molecule has 0 spiro atoms. The van der Waals surface area contributed by atoms with Crippen molar-refractivity contribution in [3.63, 3.8) is 0 Å². The molecule has 3 nitrogen and oxygen atoms in total. The summed E-state index contributed by atoms with van der Waals surface area (Å²) in [7, 11) is 1.96. The smallest absolute Gasteiger partial charge is 0.0637 e. The molecule has 1 N–H and O–H groups in total. The molecule has 0 bridgehead atoms. The third-order valence-electron chi connectivity index (χ3n) is 2.84. The maximum absolute atomic E-state index is 4.38. The minimum absolute atomic E-state index is 0.485. The van der Waals surface area contributed by atoms with Crippen molar-refractivity contribution >= 4 is 11.3 Å². The average molecular weight is 249 g/mol. The fraction of sp³-hybridized carbons (Fsp3) is 0.462. The van der Waals surface area contributed by atoms with Gasteiger partial charge in [-0.1, -0.05) is 13.0 Å². The Kier molecular flexibility index (Phi) is 4.34. The van der Waals surface area contributed by atoms with Gasteiger partial charge >= 0.3 is 0 Å². The first-order valence-electron chi connectivity index (χ1n) is 6.05. The van der Waals surface area contributed by atoms with Gasteiger partial charge in [0.15, 0.2) is 0 Å². The average Bonchev–Trinajstić information content (AvgIpc) is 2.96. The number of thiophene rings is 1. The molecule has 0 radical (unpaired) electrons. The third-order valence-corrected chi connectivity index (χ3v) is 3.82. The van der Waals surface area contributed by atoms with Crippen LogP contribution in [0.2, 0.25) is 0 Å². The summed E-state index contributed by atoms with van der Waals surface area (Å²) in [6, 6.07) is 6.88. The van der Waals surface area contributed by atoms with Crippen LogP contribution in [0.1, 0.15) is 30.0 Å². The van der Waals surface area contributed by atoms with Crippen LogP contribution in [0.4, 0.5) is 0 Å². The zero-order valence-electron chi connectivity index (χ0n) is 10.4. The number of rotatable bonds is 6. The second kappa shape index (κ2) is 5.98. The van der Waals surface area contributed by atoms with Crippen LogP contribution in [0.5, 0.6) is 0 Å². The van der Waals surface area contributed by atoms with Crippen molar-refractivity contribution in [1.29, 1.82) is 0 Å². The Bertz CT molecular complexity index is 433. The first-order chi connectivity index (χ1) is 8.29. The fourth-order valence-electron chi connectivity index (χ4n) is 1.91. The van der Waals surface area contributed by atoms with Crippen molar-refractivity contribution in [3.05, 3.63) is 40.3 Å². The van der Waals surface area contributed by atoms with Crippen LogP contribution in [0.3, 0.4) is 0 Å². The van der Waals surface area contributed by atoms with Crippen LogP contribution in [-0.4, -0.2) is 16.3 Å². The normalized spacial score (nSPS) is 12.8. The quantitative estimate of drug-likeness (QED) is 0.853. The molecule has 17 heavy (non-hydrogen) atoms. The largest absolute Gasteiger partial charge is 0.309 e.